The van der Waals surface area contributed by atoms with Gasteiger partial charge in [-0.2, -0.15) is 4.98 Å². The number of carbonyl (C=O) groups is 1. The van der Waals surface area contributed by atoms with Gasteiger partial charge in [0, 0.05) is 28.9 Å². The van der Waals surface area contributed by atoms with Crippen LogP contribution in [0.25, 0.3) is 22.2 Å². The predicted octanol–water partition coefficient (Wildman–Crippen LogP) is 4.07. The maximum absolute atomic E-state index is 12.5. The van der Waals surface area contributed by atoms with Crippen molar-refractivity contribution in [2.45, 2.75) is 46.1 Å². The van der Waals surface area contributed by atoms with Crippen molar-refractivity contribution in [3.05, 3.63) is 46.9 Å². The lowest BCUT2D eigenvalue weighted by Gasteiger charge is -2.16. The number of aliphatic hydroxyl groups excluding tert-OH is 1. The van der Waals surface area contributed by atoms with Gasteiger partial charge in [0.15, 0.2) is 5.13 Å². The number of anilines is 2. The Hall–Kier alpha value is -3.37. The number of rotatable bonds is 6. The van der Waals surface area contributed by atoms with E-state index in [4.69, 9.17) is 4.52 Å². The van der Waals surface area contributed by atoms with E-state index in [9.17, 15) is 9.90 Å². The molecule has 4 aromatic rings. The third-order valence-corrected chi connectivity index (χ3v) is 6.52. The molecule has 3 heterocycles. The van der Waals surface area contributed by atoms with E-state index in [0.29, 0.717) is 22.7 Å². The monoisotopic (exact) mass is 466 g/mol. The van der Waals surface area contributed by atoms with Gasteiger partial charge in [-0.3, -0.25) is 10.1 Å². The Bertz CT molecular complexity index is 1310. The number of hydrogen-bond donors (Lipinski definition) is 3. The van der Waals surface area contributed by atoms with Crippen LogP contribution in [0.2, 0.25) is 0 Å². The second kappa shape index (κ2) is 8.87. The molecule has 0 saturated carbocycles. The van der Waals surface area contributed by atoms with Gasteiger partial charge in [0.2, 0.25) is 11.7 Å². The van der Waals surface area contributed by atoms with Gasteiger partial charge in [0.05, 0.1) is 12.2 Å². The fourth-order valence-electron chi connectivity index (χ4n) is 3.49. The maximum atomic E-state index is 12.5. The molecule has 3 aromatic heterocycles. The van der Waals surface area contributed by atoms with Crippen molar-refractivity contribution in [3.63, 3.8) is 0 Å². The molecule has 1 aromatic carbocycles. The fraction of sp³-hybridized carbons (Fsp3) is 0.348. The number of thiazole rings is 1. The Morgan fingerprint density at radius 2 is 2.00 bits per heavy atom. The van der Waals surface area contributed by atoms with Gasteiger partial charge in [-0.05, 0) is 29.9 Å². The van der Waals surface area contributed by atoms with Crippen molar-refractivity contribution < 1.29 is 14.4 Å². The van der Waals surface area contributed by atoms with E-state index in [1.165, 1.54) is 11.3 Å². The first-order valence-corrected chi connectivity index (χ1v) is 11.3. The summed E-state index contributed by atoms with van der Waals surface area (Å²) in [7, 11) is 0. The fourth-order valence-corrected chi connectivity index (χ4v) is 4.51. The molecular weight excluding hydrogens is 440 g/mol. The number of nitrogens with zero attached hydrogens (tertiary/aromatic N) is 4. The summed E-state index contributed by atoms with van der Waals surface area (Å²) in [6.45, 7) is 9.93. The van der Waals surface area contributed by atoms with Crippen molar-refractivity contribution in [3.8, 4) is 11.4 Å². The van der Waals surface area contributed by atoms with Crippen LogP contribution >= 0.6 is 11.3 Å². The van der Waals surface area contributed by atoms with Crippen molar-refractivity contribution in [1.82, 2.24) is 20.1 Å². The second-order valence-electron chi connectivity index (χ2n) is 8.80. The van der Waals surface area contributed by atoms with Crippen LogP contribution in [0.15, 0.2) is 35.0 Å². The summed E-state index contributed by atoms with van der Waals surface area (Å²) in [5.41, 5.74) is 1.59. The van der Waals surface area contributed by atoms with Gasteiger partial charge in [-0.1, -0.05) is 38.1 Å². The van der Waals surface area contributed by atoms with Gasteiger partial charge in [-0.15, -0.1) is 11.3 Å². The lowest BCUT2D eigenvalue weighted by atomic mass is 9.94. The SMILES string of the molecule is Cc1nc(-c2ccc3ccnc(NC[C@H](O)C(=O)Nc4nc(C)c(C(C)(C)C)s4)c3c2)no1. The van der Waals surface area contributed by atoms with Crippen LogP contribution in [-0.4, -0.2) is 43.8 Å². The zero-order chi connectivity index (χ0) is 23.8. The number of fused-ring (bicyclic) bond motifs is 1. The molecule has 0 fully saturated rings. The van der Waals surface area contributed by atoms with Gasteiger partial charge >= 0.3 is 0 Å². The van der Waals surface area contributed by atoms with E-state index >= 15 is 0 Å². The molecule has 0 spiro atoms. The Morgan fingerprint density at radius 3 is 2.67 bits per heavy atom. The number of aliphatic hydroxyl groups is 1. The van der Waals surface area contributed by atoms with Crippen LogP contribution in [-0.2, 0) is 10.2 Å². The van der Waals surface area contributed by atoms with E-state index in [1.54, 1.807) is 13.1 Å². The minimum Gasteiger partial charge on any atom is -0.381 e. The molecular formula is C23H26N6O3S. The lowest BCUT2D eigenvalue weighted by molar-refractivity contribution is -0.123. The van der Waals surface area contributed by atoms with Gasteiger partial charge in [0.25, 0.3) is 5.91 Å². The first kappa shape index (κ1) is 22.8. The highest BCUT2D eigenvalue weighted by atomic mass is 32.1. The van der Waals surface area contributed by atoms with Gasteiger partial charge < -0.3 is 14.9 Å². The lowest BCUT2D eigenvalue weighted by Crippen LogP contribution is -2.33. The van der Waals surface area contributed by atoms with Crippen molar-refractivity contribution in [2.75, 3.05) is 17.2 Å². The number of benzene rings is 1. The number of carbonyl (C=O) groups excluding carboxylic acids is 1. The van der Waals surface area contributed by atoms with E-state index in [1.807, 2.05) is 31.2 Å². The zero-order valence-electron chi connectivity index (χ0n) is 19.1. The molecule has 9 nitrogen and oxygen atoms in total. The van der Waals surface area contributed by atoms with Crippen LogP contribution in [0, 0.1) is 13.8 Å². The number of aromatic nitrogens is 4. The van der Waals surface area contributed by atoms with Gasteiger partial charge in [0.1, 0.15) is 11.9 Å². The molecule has 1 atom stereocenters. The molecule has 4 rings (SSSR count). The summed E-state index contributed by atoms with van der Waals surface area (Å²) < 4.78 is 5.07. The minimum absolute atomic E-state index is 0.0139. The molecule has 0 radical (unpaired) electrons. The number of amides is 1. The Kier molecular flexibility index (Phi) is 6.13. The Morgan fingerprint density at radius 1 is 1.21 bits per heavy atom. The van der Waals surface area contributed by atoms with Crippen molar-refractivity contribution in [1.29, 1.82) is 0 Å². The molecule has 0 bridgehead atoms. The van der Waals surface area contributed by atoms with Crippen molar-refractivity contribution >= 4 is 39.0 Å². The van der Waals surface area contributed by atoms with Crippen LogP contribution in [0.4, 0.5) is 10.9 Å². The number of pyridine rings is 1. The molecule has 1 amide bonds. The second-order valence-corrected chi connectivity index (χ2v) is 9.80. The molecule has 0 aliphatic carbocycles. The summed E-state index contributed by atoms with van der Waals surface area (Å²) in [5, 5.41) is 22.4. The standard InChI is InChI=1S/C23H26N6O3S/c1-12-18(23(3,4)5)33-22(26-12)28-21(31)17(30)11-25-20-16-10-15(19-27-13(2)32-29-19)7-6-14(16)8-9-24-20/h6-10,17,30H,11H2,1-5H3,(H,24,25)(H,26,28,31)/t17-/m0/s1. The normalized spacial score (nSPS) is 12.7. The highest BCUT2D eigenvalue weighted by Gasteiger charge is 2.23. The average Bonchev–Trinajstić information content (AvgIpc) is 3.36. The molecule has 0 unspecified atom stereocenters. The maximum Gasteiger partial charge on any atom is 0.256 e. The first-order valence-electron chi connectivity index (χ1n) is 10.5. The first-order chi connectivity index (χ1) is 15.6. The third kappa shape index (κ3) is 5.01. The zero-order valence-corrected chi connectivity index (χ0v) is 19.9. The average molecular weight is 467 g/mol. The van der Waals surface area contributed by atoms with E-state index in [-0.39, 0.29) is 12.0 Å². The quantitative estimate of drug-likeness (QED) is 0.388. The summed E-state index contributed by atoms with van der Waals surface area (Å²) in [5.74, 6) is 0.979. The smallest absolute Gasteiger partial charge is 0.256 e. The van der Waals surface area contributed by atoms with E-state index < -0.39 is 12.0 Å². The largest absolute Gasteiger partial charge is 0.381 e. The predicted molar refractivity (Wildman–Crippen MR) is 128 cm³/mol. The summed E-state index contributed by atoms with van der Waals surface area (Å²) in [4.78, 5) is 26.7. The van der Waals surface area contributed by atoms with Crippen LogP contribution in [0.3, 0.4) is 0 Å². The van der Waals surface area contributed by atoms with E-state index in [0.717, 1.165) is 26.9 Å². The minimum atomic E-state index is -1.28. The highest BCUT2D eigenvalue weighted by Crippen LogP contribution is 2.33. The Balaban J connectivity index is 1.47. The van der Waals surface area contributed by atoms with E-state index in [2.05, 4.69) is 51.5 Å². The van der Waals surface area contributed by atoms with Gasteiger partial charge in [-0.25, -0.2) is 9.97 Å². The molecule has 0 aliphatic rings. The summed E-state index contributed by atoms with van der Waals surface area (Å²) >= 11 is 1.42. The molecule has 10 heteroatoms. The molecule has 3 N–H and O–H groups in total. The van der Waals surface area contributed by atoms with Crippen molar-refractivity contribution in [2.24, 2.45) is 0 Å². The molecule has 0 aliphatic heterocycles. The highest BCUT2D eigenvalue weighted by molar-refractivity contribution is 7.16. The molecule has 0 saturated heterocycles. The number of nitrogens with one attached hydrogen (secondary N) is 2. The Labute approximate surface area is 195 Å². The summed E-state index contributed by atoms with van der Waals surface area (Å²) in [6.07, 6.45) is 0.383. The number of hydrogen-bond acceptors (Lipinski definition) is 9. The van der Waals surface area contributed by atoms with Crippen LogP contribution in [0.5, 0.6) is 0 Å². The van der Waals surface area contributed by atoms with Crippen LogP contribution in [0.1, 0.15) is 37.2 Å². The third-order valence-electron chi connectivity index (χ3n) is 5.03. The summed E-state index contributed by atoms with van der Waals surface area (Å²) in [6, 6.07) is 7.62. The number of aryl methyl sites for hydroxylation is 2. The molecule has 172 valence electrons. The molecule has 33 heavy (non-hydrogen) atoms. The van der Waals surface area contributed by atoms with Crippen LogP contribution < -0.4 is 10.6 Å². The topological polar surface area (TPSA) is 126 Å².